The summed E-state index contributed by atoms with van der Waals surface area (Å²) in [6, 6.07) is 19.1. The van der Waals surface area contributed by atoms with Crippen LogP contribution >= 0.6 is 11.6 Å². The minimum Gasteiger partial charge on any atom is -0.325 e. The van der Waals surface area contributed by atoms with Crippen molar-refractivity contribution in [2.75, 3.05) is 16.2 Å². The van der Waals surface area contributed by atoms with Crippen molar-refractivity contribution in [3.63, 3.8) is 0 Å². The number of halogens is 1. The van der Waals surface area contributed by atoms with Gasteiger partial charge in [-0.15, -0.1) is 0 Å². The average Bonchev–Trinajstić information content (AvgIpc) is 2.72. The molecular formula is C23H21ClN2O4S. The van der Waals surface area contributed by atoms with Gasteiger partial charge in [-0.1, -0.05) is 35.4 Å². The number of hydrogen-bond acceptors (Lipinski definition) is 4. The van der Waals surface area contributed by atoms with Crippen molar-refractivity contribution < 1.29 is 18.0 Å². The first-order chi connectivity index (χ1) is 14.7. The van der Waals surface area contributed by atoms with Crippen LogP contribution in [0.5, 0.6) is 0 Å². The van der Waals surface area contributed by atoms with Crippen LogP contribution in [0.3, 0.4) is 0 Å². The molecule has 6 nitrogen and oxygen atoms in total. The molecule has 8 heteroatoms. The van der Waals surface area contributed by atoms with Crippen molar-refractivity contribution in [3.05, 3.63) is 88.9 Å². The highest BCUT2D eigenvalue weighted by atomic mass is 35.5. The van der Waals surface area contributed by atoms with Crippen LogP contribution in [0.2, 0.25) is 5.02 Å². The number of benzene rings is 3. The van der Waals surface area contributed by atoms with E-state index in [1.807, 2.05) is 6.92 Å². The summed E-state index contributed by atoms with van der Waals surface area (Å²) in [5, 5.41) is 3.02. The SMILES string of the molecule is CC(=O)c1ccc(NC(=O)CN(c2cccc(Cl)c2)S(=O)(=O)c2ccc(C)cc2)cc1. The fraction of sp³-hybridized carbons (Fsp3) is 0.130. The van der Waals surface area contributed by atoms with E-state index in [2.05, 4.69) is 5.32 Å². The van der Waals surface area contributed by atoms with Gasteiger partial charge < -0.3 is 5.32 Å². The maximum atomic E-state index is 13.3. The zero-order chi connectivity index (χ0) is 22.6. The van der Waals surface area contributed by atoms with Crippen molar-refractivity contribution in [2.24, 2.45) is 0 Å². The molecule has 0 bridgehead atoms. The highest BCUT2D eigenvalue weighted by Crippen LogP contribution is 2.26. The van der Waals surface area contributed by atoms with Crippen LogP contribution in [0.4, 0.5) is 11.4 Å². The van der Waals surface area contributed by atoms with Gasteiger partial charge in [0.15, 0.2) is 5.78 Å². The lowest BCUT2D eigenvalue weighted by molar-refractivity contribution is -0.114. The minimum absolute atomic E-state index is 0.0664. The monoisotopic (exact) mass is 456 g/mol. The first-order valence-corrected chi connectivity index (χ1v) is 11.2. The van der Waals surface area contributed by atoms with Crippen LogP contribution in [0.25, 0.3) is 0 Å². The van der Waals surface area contributed by atoms with Crippen LogP contribution in [-0.2, 0) is 14.8 Å². The van der Waals surface area contributed by atoms with E-state index in [-0.39, 0.29) is 16.4 Å². The summed E-state index contributed by atoms with van der Waals surface area (Å²) in [5.74, 6) is -0.625. The van der Waals surface area contributed by atoms with Crippen LogP contribution in [0.1, 0.15) is 22.8 Å². The predicted molar refractivity (Wildman–Crippen MR) is 122 cm³/mol. The minimum atomic E-state index is -4.02. The Morgan fingerprint density at radius 3 is 2.19 bits per heavy atom. The third-order valence-electron chi connectivity index (χ3n) is 4.57. The lowest BCUT2D eigenvalue weighted by Gasteiger charge is -2.24. The summed E-state index contributed by atoms with van der Waals surface area (Å²) < 4.78 is 27.7. The highest BCUT2D eigenvalue weighted by molar-refractivity contribution is 7.92. The van der Waals surface area contributed by atoms with Crippen LogP contribution < -0.4 is 9.62 Å². The van der Waals surface area contributed by atoms with Crippen molar-refractivity contribution in [3.8, 4) is 0 Å². The van der Waals surface area contributed by atoms with Gasteiger partial charge in [-0.3, -0.25) is 13.9 Å². The van der Waals surface area contributed by atoms with E-state index in [1.54, 1.807) is 54.6 Å². The Morgan fingerprint density at radius 1 is 0.968 bits per heavy atom. The first-order valence-electron chi connectivity index (χ1n) is 9.42. The number of Topliss-reactive ketones (excluding diaryl/α,β-unsaturated/α-hetero) is 1. The molecule has 0 aliphatic carbocycles. The molecule has 1 amide bonds. The number of ketones is 1. The van der Waals surface area contributed by atoms with E-state index >= 15 is 0 Å². The van der Waals surface area contributed by atoms with E-state index in [0.29, 0.717) is 16.3 Å². The Labute approximate surface area is 186 Å². The first kappa shape index (κ1) is 22.5. The highest BCUT2D eigenvalue weighted by Gasteiger charge is 2.27. The van der Waals surface area contributed by atoms with Crippen LogP contribution in [0.15, 0.2) is 77.7 Å². The number of sulfonamides is 1. The lowest BCUT2D eigenvalue weighted by Crippen LogP contribution is -2.38. The molecule has 0 aliphatic heterocycles. The second-order valence-electron chi connectivity index (χ2n) is 6.99. The Kier molecular flexibility index (Phi) is 6.77. The number of hydrogen-bond donors (Lipinski definition) is 1. The molecule has 0 saturated carbocycles. The summed E-state index contributed by atoms with van der Waals surface area (Å²) in [5.41, 5.74) is 2.16. The zero-order valence-corrected chi connectivity index (χ0v) is 18.6. The summed E-state index contributed by atoms with van der Waals surface area (Å²) in [4.78, 5) is 24.2. The summed E-state index contributed by atoms with van der Waals surface area (Å²) in [7, 11) is -4.02. The van der Waals surface area contributed by atoms with Gasteiger partial charge in [-0.2, -0.15) is 0 Å². The van der Waals surface area contributed by atoms with E-state index in [9.17, 15) is 18.0 Å². The number of carbonyl (C=O) groups is 2. The second kappa shape index (κ2) is 9.32. The largest absolute Gasteiger partial charge is 0.325 e. The predicted octanol–water partition coefficient (Wildman–Crippen LogP) is 4.69. The van der Waals surface area contributed by atoms with Crippen molar-refractivity contribution >= 4 is 44.7 Å². The fourth-order valence-corrected chi connectivity index (χ4v) is 4.50. The molecule has 3 aromatic rings. The number of aryl methyl sites for hydroxylation is 1. The third kappa shape index (κ3) is 5.51. The average molecular weight is 457 g/mol. The van der Waals surface area contributed by atoms with E-state index < -0.39 is 22.5 Å². The molecule has 160 valence electrons. The Balaban J connectivity index is 1.90. The molecule has 0 heterocycles. The maximum absolute atomic E-state index is 13.3. The Morgan fingerprint density at radius 2 is 1.61 bits per heavy atom. The van der Waals surface area contributed by atoms with Crippen molar-refractivity contribution in [2.45, 2.75) is 18.7 Å². The fourth-order valence-electron chi connectivity index (χ4n) is 2.90. The lowest BCUT2D eigenvalue weighted by atomic mass is 10.1. The molecule has 1 N–H and O–H groups in total. The summed E-state index contributed by atoms with van der Waals surface area (Å²) in [6.45, 7) is 2.85. The summed E-state index contributed by atoms with van der Waals surface area (Å²) in [6.07, 6.45) is 0. The van der Waals surface area contributed by atoms with Gasteiger partial charge >= 0.3 is 0 Å². The quantitative estimate of drug-likeness (QED) is 0.523. The number of anilines is 2. The van der Waals surface area contributed by atoms with Gasteiger partial charge in [0.05, 0.1) is 10.6 Å². The molecule has 0 fully saturated rings. The Bertz CT molecular complexity index is 1210. The topological polar surface area (TPSA) is 83.6 Å². The number of amides is 1. The van der Waals surface area contributed by atoms with Gasteiger partial charge in [0.1, 0.15) is 6.54 Å². The van der Waals surface area contributed by atoms with E-state index in [1.165, 1.54) is 25.1 Å². The molecule has 0 aromatic heterocycles. The molecular weight excluding hydrogens is 436 g/mol. The third-order valence-corrected chi connectivity index (χ3v) is 6.59. The molecule has 3 aromatic carbocycles. The smallest absolute Gasteiger partial charge is 0.264 e. The zero-order valence-electron chi connectivity index (χ0n) is 17.0. The number of nitrogens with zero attached hydrogens (tertiary/aromatic N) is 1. The molecule has 0 spiro atoms. The van der Waals surface area contributed by atoms with E-state index in [4.69, 9.17) is 11.6 Å². The molecule has 31 heavy (non-hydrogen) atoms. The van der Waals surface area contributed by atoms with Crippen LogP contribution in [-0.4, -0.2) is 26.7 Å². The molecule has 0 aliphatic rings. The van der Waals surface area contributed by atoms with Gasteiger partial charge in [0.2, 0.25) is 5.91 Å². The Hall–Kier alpha value is -3.16. The van der Waals surface area contributed by atoms with E-state index in [0.717, 1.165) is 9.87 Å². The number of carbonyl (C=O) groups excluding carboxylic acids is 2. The normalized spacial score (nSPS) is 11.1. The van der Waals surface area contributed by atoms with Crippen molar-refractivity contribution in [1.82, 2.24) is 0 Å². The number of nitrogens with one attached hydrogen (secondary N) is 1. The molecule has 0 saturated heterocycles. The second-order valence-corrected chi connectivity index (χ2v) is 9.29. The number of rotatable bonds is 7. The summed E-state index contributed by atoms with van der Waals surface area (Å²) >= 11 is 6.06. The standard InChI is InChI=1S/C23H21ClN2O4S/c1-16-6-12-22(13-7-16)31(29,30)26(21-5-3-4-19(24)14-21)15-23(28)25-20-10-8-18(9-11-20)17(2)27/h3-14H,15H2,1-2H3,(H,25,28). The van der Waals surface area contributed by atoms with Gasteiger partial charge in [-0.25, -0.2) is 8.42 Å². The van der Waals surface area contributed by atoms with Crippen molar-refractivity contribution in [1.29, 1.82) is 0 Å². The molecule has 0 radical (unpaired) electrons. The van der Waals surface area contributed by atoms with Gasteiger partial charge in [0.25, 0.3) is 10.0 Å². The maximum Gasteiger partial charge on any atom is 0.264 e. The molecule has 0 atom stereocenters. The molecule has 3 rings (SSSR count). The van der Waals surface area contributed by atoms with Gasteiger partial charge in [0, 0.05) is 16.3 Å². The molecule has 0 unspecified atom stereocenters. The van der Waals surface area contributed by atoms with Crippen LogP contribution in [0, 0.1) is 6.92 Å². The van der Waals surface area contributed by atoms with Gasteiger partial charge in [-0.05, 0) is 68.4 Å².